The van der Waals surface area contributed by atoms with E-state index in [1.807, 2.05) is 30.3 Å². The molecule has 90 valence electrons. The van der Waals surface area contributed by atoms with Crippen LogP contribution in [0.25, 0.3) is 0 Å². The van der Waals surface area contributed by atoms with Crippen molar-refractivity contribution in [2.75, 3.05) is 13.2 Å². The van der Waals surface area contributed by atoms with Crippen LogP contribution in [0.3, 0.4) is 0 Å². The third kappa shape index (κ3) is 5.23. The predicted molar refractivity (Wildman–Crippen MR) is 61.5 cm³/mol. The molecule has 1 aromatic rings. The van der Waals surface area contributed by atoms with Crippen molar-refractivity contribution < 1.29 is 14.7 Å². The molecule has 0 aliphatic rings. The van der Waals surface area contributed by atoms with E-state index < -0.39 is 0 Å². The van der Waals surface area contributed by atoms with Gasteiger partial charge in [-0.1, -0.05) is 30.3 Å². The Balaban J connectivity index is 2.18. The average molecular weight is 225 g/mol. The Bertz CT molecular complexity index is 266. The summed E-state index contributed by atoms with van der Waals surface area (Å²) < 4.78 is 5.48. The summed E-state index contributed by atoms with van der Waals surface area (Å²) in [5.74, 6) is 5.13. The molecule has 1 rings (SSSR count). The van der Waals surface area contributed by atoms with Crippen LogP contribution in [0.4, 0.5) is 0 Å². The summed E-state index contributed by atoms with van der Waals surface area (Å²) in [7, 11) is 0. The van der Waals surface area contributed by atoms with Crippen LogP contribution < -0.4 is 5.90 Å². The molecule has 0 heterocycles. The van der Waals surface area contributed by atoms with Crippen LogP contribution in [-0.2, 0) is 16.2 Å². The summed E-state index contributed by atoms with van der Waals surface area (Å²) in [6, 6.07) is 9.93. The third-order valence-electron chi connectivity index (χ3n) is 2.29. The highest BCUT2D eigenvalue weighted by Gasteiger charge is 2.07. The first-order valence-electron chi connectivity index (χ1n) is 5.45. The number of hydrogen-bond acceptors (Lipinski definition) is 4. The molecule has 16 heavy (non-hydrogen) atoms. The van der Waals surface area contributed by atoms with Crippen LogP contribution in [0, 0.1) is 0 Å². The number of ether oxygens (including phenoxy) is 1. The lowest BCUT2D eigenvalue weighted by molar-refractivity contribution is -0.0290. The fraction of sp³-hybridized carbons (Fsp3) is 0.500. The zero-order valence-electron chi connectivity index (χ0n) is 9.34. The Hall–Kier alpha value is -0.940. The Morgan fingerprint density at radius 2 is 2.00 bits per heavy atom. The minimum absolute atomic E-state index is 0.143. The number of benzene rings is 1. The highest BCUT2D eigenvalue weighted by molar-refractivity contribution is 5.13. The summed E-state index contributed by atoms with van der Waals surface area (Å²) in [6.07, 6.45) is 1.24. The predicted octanol–water partition coefficient (Wildman–Crippen LogP) is 1.23. The van der Waals surface area contributed by atoms with E-state index >= 15 is 0 Å². The molecule has 4 nitrogen and oxygen atoms in total. The van der Waals surface area contributed by atoms with Crippen LogP contribution >= 0.6 is 0 Å². The SMILES string of the molecule is NOC(CCCO)COCc1ccccc1. The summed E-state index contributed by atoms with van der Waals surface area (Å²) in [5, 5.41) is 8.68. The Morgan fingerprint density at radius 3 is 2.62 bits per heavy atom. The molecule has 0 saturated heterocycles. The van der Waals surface area contributed by atoms with Crippen molar-refractivity contribution in [3.8, 4) is 0 Å². The van der Waals surface area contributed by atoms with Gasteiger partial charge in [0.15, 0.2) is 0 Å². The van der Waals surface area contributed by atoms with E-state index in [0.29, 0.717) is 26.1 Å². The fourth-order valence-electron chi connectivity index (χ4n) is 1.39. The van der Waals surface area contributed by atoms with Crippen LogP contribution in [0.1, 0.15) is 18.4 Å². The van der Waals surface area contributed by atoms with E-state index in [2.05, 4.69) is 0 Å². The molecule has 0 amide bonds. The van der Waals surface area contributed by atoms with Crippen molar-refractivity contribution in [3.05, 3.63) is 35.9 Å². The molecule has 0 radical (unpaired) electrons. The van der Waals surface area contributed by atoms with Crippen molar-refractivity contribution >= 4 is 0 Å². The minimum Gasteiger partial charge on any atom is -0.396 e. The number of nitrogens with two attached hydrogens (primary N) is 1. The van der Waals surface area contributed by atoms with E-state index in [-0.39, 0.29) is 12.7 Å². The first-order valence-corrected chi connectivity index (χ1v) is 5.45. The fourth-order valence-corrected chi connectivity index (χ4v) is 1.39. The highest BCUT2D eigenvalue weighted by atomic mass is 16.6. The molecule has 0 aliphatic carbocycles. The van der Waals surface area contributed by atoms with Crippen LogP contribution in [0.2, 0.25) is 0 Å². The van der Waals surface area contributed by atoms with E-state index in [1.165, 1.54) is 0 Å². The Kier molecular flexibility index (Phi) is 6.76. The van der Waals surface area contributed by atoms with E-state index in [9.17, 15) is 0 Å². The molecule has 0 aromatic heterocycles. The molecule has 0 fully saturated rings. The van der Waals surface area contributed by atoms with Crippen LogP contribution in [0.5, 0.6) is 0 Å². The number of rotatable bonds is 8. The van der Waals surface area contributed by atoms with E-state index in [1.54, 1.807) is 0 Å². The van der Waals surface area contributed by atoms with Gasteiger partial charge < -0.3 is 9.84 Å². The first kappa shape index (κ1) is 13.1. The van der Waals surface area contributed by atoms with Gasteiger partial charge in [-0.3, -0.25) is 4.84 Å². The van der Waals surface area contributed by atoms with E-state index in [0.717, 1.165) is 5.56 Å². The standard InChI is InChI=1S/C12H19NO3/c13-16-12(7-4-8-14)10-15-9-11-5-2-1-3-6-11/h1-3,5-6,12,14H,4,7-10,13H2. The van der Waals surface area contributed by atoms with Gasteiger partial charge in [0.1, 0.15) is 6.10 Å². The maximum Gasteiger partial charge on any atom is 0.102 e. The molecular weight excluding hydrogens is 206 g/mol. The summed E-state index contributed by atoms with van der Waals surface area (Å²) >= 11 is 0. The van der Waals surface area contributed by atoms with Crippen molar-refractivity contribution in [1.82, 2.24) is 0 Å². The van der Waals surface area contributed by atoms with Crippen molar-refractivity contribution in [2.24, 2.45) is 5.90 Å². The summed E-state index contributed by atoms with van der Waals surface area (Å²) in [4.78, 5) is 4.75. The molecule has 1 atom stereocenters. The second kappa shape index (κ2) is 8.24. The Labute approximate surface area is 95.9 Å². The minimum atomic E-state index is -0.143. The molecule has 0 saturated carbocycles. The van der Waals surface area contributed by atoms with Gasteiger partial charge in [0.05, 0.1) is 13.2 Å². The second-order valence-corrected chi connectivity index (χ2v) is 3.62. The van der Waals surface area contributed by atoms with Crippen LogP contribution in [-0.4, -0.2) is 24.4 Å². The van der Waals surface area contributed by atoms with Gasteiger partial charge in [-0.2, -0.15) is 0 Å². The van der Waals surface area contributed by atoms with Crippen LogP contribution in [0.15, 0.2) is 30.3 Å². The van der Waals surface area contributed by atoms with Gasteiger partial charge in [-0.15, -0.1) is 0 Å². The quantitative estimate of drug-likeness (QED) is 0.653. The van der Waals surface area contributed by atoms with Crippen molar-refractivity contribution in [2.45, 2.75) is 25.6 Å². The molecular formula is C12H19NO3. The Morgan fingerprint density at radius 1 is 1.25 bits per heavy atom. The number of aliphatic hydroxyl groups excluding tert-OH is 1. The zero-order valence-corrected chi connectivity index (χ0v) is 9.34. The molecule has 0 aliphatic heterocycles. The number of hydrogen-bond donors (Lipinski definition) is 2. The van der Waals surface area contributed by atoms with E-state index in [4.69, 9.17) is 20.6 Å². The number of aliphatic hydroxyl groups is 1. The highest BCUT2D eigenvalue weighted by Crippen LogP contribution is 2.04. The van der Waals surface area contributed by atoms with Crippen molar-refractivity contribution in [1.29, 1.82) is 0 Å². The van der Waals surface area contributed by atoms with Gasteiger partial charge in [0, 0.05) is 6.61 Å². The molecule has 1 unspecified atom stereocenters. The normalized spacial score (nSPS) is 12.6. The van der Waals surface area contributed by atoms with Gasteiger partial charge in [0.25, 0.3) is 0 Å². The molecule has 1 aromatic carbocycles. The molecule has 3 N–H and O–H groups in total. The van der Waals surface area contributed by atoms with Gasteiger partial charge >= 0.3 is 0 Å². The molecule has 0 bridgehead atoms. The van der Waals surface area contributed by atoms with Gasteiger partial charge in [-0.25, -0.2) is 5.90 Å². The first-order chi connectivity index (χ1) is 7.86. The second-order valence-electron chi connectivity index (χ2n) is 3.62. The maximum atomic E-state index is 8.68. The maximum absolute atomic E-state index is 8.68. The average Bonchev–Trinajstić information content (AvgIpc) is 2.35. The van der Waals surface area contributed by atoms with Gasteiger partial charge in [0.2, 0.25) is 0 Å². The summed E-state index contributed by atoms with van der Waals surface area (Å²) in [5.41, 5.74) is 1.13. The lowest BCUT2D eigenvalue weighted by Crippen LogP contribution is -2.23. The smallest absolute Gasteiger partial charge is 0.102 e. The lowest BCUT2D eigenvalue weighted by atomic mass is 10.2. The molecule has 0 spiro atoms. The topological polar surface area (TPSA) is 64.7 Å². The van der Waals surface area contributed by atoms with Crippen molar-refractivity contribution in [3.63, 3.8) is 0 Å². The molecule has 4 heteroatoms. The largest absolute Gasteiger partial charge is 0.396 e. The van der Waals surface area contributed by atoms with Gasteiger partial charge in [-0.05, 0) is 18.4 Å². The monoisotopic (exact) mass is 225 g/mol. The zero-order chi connectivity index (χ0) is 11.6. The third-order valence-corrected chi connectivity index (χ3v) is 2.29. The lowest BCUT2D eigenvalue weighted by Gasteiger charge is -2.14. The summed E-state index contributed by atoms with van der Waals surface area (Å²) in [6.45, 7) is 1.16.